The Bertz CT molecular complexity index is 706. The number of anilines is 1. The van der Waals surface area contributed by atoms with Gasteiger partial charge >= 0.3 is 11.6 Å². The van der Waals surface area contributed by atoms with Crippen molar-refractivity contribution in [1.82, 2.24) is 4.98 Å². The van der Waals surface area contributed by atoms with E-state index in [0.717, 1.165) is 5.56 Å². The topological polar surface area (TPSA) is 92.4 Å². The van der Waals surface area contributed by atoms with Crippen LogP contribution in [0.3, 0.4) is 0 Å². The van der Waals surface area contributed by atoms with Crippen molar-refractivity contribution >= 4 is 22.9 Å². The van der Waals surface area contributed by atoms with E-state index in [9.17, 15) is 9.59 Å². The molecule has 1 aromatic heterocycles. The number of aryl methyl sites for hydroxylation is 1. The SMILES string of the molecule is Cc1cccc2nc(N[C@H](C(=O)O)C(C)C)oc(=O)c12. The zero-order valence-corrected chi connectivity index (χ0v) is 11.5. The van der Waals surface area contributed by atoms with Crippen molar-refractivity contribution in [2.75, 3.05) is 5.32 Å². The maximum absolute atomic E-state index is 11.9. The van der Waals surface area contributed by atoms with Gasteiger partial charge in [-0.25, -0.2) is 9.59 Å². The summed E-state index contributed by atoms with van der Waals surface area (Å²) in [6, 6.07) is 4.32. The van der Waals surface area contributed by atoms with E-state index in [4.69, 9.17) is 9.52 Å². The predicted molar refractivity (Wildman–Crippen MR) is 74.9 cm³/mol. The lowest BCUT2D eigenvalue weighted by molar-refractivity contribution is -0.138. The second-order valence-electron chi connectivity index (χ2n) is 4.98. The third kappa shape index (κ3) is 2.64. The lowest BCUT2D eigenvalue weighted by Crippen LogP contribution is -2.34. The molecule has 0 aliphatic carbocycles. The Balaban J connectivity index is 2.47. The van der Waals surface area contributed by atoms with Gasteiger partial charge < -0.3 is 14.8 Å². The van der Waals surface area contributed by atoms with Gasteiger partial charge in [0.2, 0.25) is 0 Å². The Morgan fingerprint density at radius 3 is 2.70 bits per heavy atom. The zero-order valence-electron chi connectivity index (χ0n) is 11.5. The Morgan fingerprint density at radius 1 is 1.40 bits per heavy atom. The lowest BCUT2D eigenvalue weighted by Gasteiger charge is -2.17. The Hall–Kier alpha value is -2.37. The predicted octanol–water partition coefficient (Wildman–Crippen LogP) is 2.02. The summed E-state index contributed by atoms with van der Waals surface area (Å²) < 4.78 is 5.06. The van der Waals surface area contributed by atoms with Crippen LogP contribution in [0.5, 0.6) is 0 Å². The van der Waals surface area contributed by atoms with Gasteiger partial charge in [0.1, 0.15) is 6.04 Å². The molecular weight excluding hydrogens is 260 g/mol. The van der Waals surface area contributed by atoms with Crippen molar-refractivity contribution in [2.24, 2.45) is 5.92 Å². The third-order valence-electron chi connectivity index (χ3n) is 3.08. The van der Waals surface area contributed by atoms with Gasteiger partial charge in [0.05, 0.1) is 10.9 Å². The molecule has 2 N–H and O–H groups in total. The molecule has 2 rings (SSSR count). The minimum atomic E-state index is -1.02. The number of fused-ring (bicyclic) bond motifs is 1. The number of aliphatic carboxylic acids is 1. The van der Waals surface area contributed by atoms with Crippen LogP contribution in [0.25, 0.3) is 10.9 Å². The highest BCUT2D eigenvalue weighted by atomic mass is 16.4. The largest absolute Gasteiger partial charge is 0.480 e. The first-order chi connectivity index (χ1) is 9.40. The number of hydrogen-bond donors (Lipinski definition) is 2. The Morgan fingerprint density at radius 2 is 2.10 bits per heavy atom. The maximum Gasteiger partial charge on any atom is 0.348 e. The summed E-state index contributed by atoms with van der Waals surface area (Å²) in [4.78, 5) is 27.2. The molecule has 0 saturated heterocycles. The van der Waals surface area contributed by atoms with E-state index in [0.29, 0.717) is 10.9 Å². The third-order valence-corrected chi connectivity index (χ3v) is 3.08. The van der Waals surface area contributed by atoms with Crippen LogP contribution in [0.1, 0.15) is 19.4 Å². The number of carboxylic acid groups (broad SMARTS) is 1. The highest BCUT2D eigenvalue weighted by Gasteiger charge is 2.23. The van der Waals surface area contributed by atoms with E-state index in [1.54, 1.807) is 39.0 Å². The fourth-order valence-corrected chi connectivity index (χ4v) is 1.99. The minimum absolute atomic E-state index is 0.0748. The van der Waals surface area contributed by atoms with E-state index in [2.05, 4.69) is 10.3 Å². The molecule has 1 aromatic carbocycles. The minimum Gasteiger partial charge on any atom is -0.480 e. The van der Waals surface area contributed by atoms with Gasteiger partial charge in [0.15, 0.2) is 0 Å². The van der Waals surface area contributed by atoms with Crippen LogP contribution in [-0.2, 0) is 4.79 Å². The van der Waals surface area contributed by atoms with Gasteiger partial charge in [-0.15, -0.1) is 0 Å². The highest BCUT2D eigenvalue weighted by Crippen LogP contribution is 2.16. The van der Waals surface area contributed by atoms with Crippen LogP contribution in [0, 0.1) is 12.8 Å². The summed E-state index contributed by atoms with van der Waals surface area (Å²) >= 11 is 0. The van der Waals surface area contributed by atoms with Gasteiger partial charge in [0, 0.05) is 0 Å². The number of carbonyl (C=O) groups is 1. The molecule has 1 atom stereocenters. The number of nitrogens with zero attached hydrogens (tertiary/aromatic N) is 1. The van der Waals surface area contributed by atoms with Crippen molar-refractivity contribution in [1.29, 1.82) is 0 Å². The van der Waals surface area contributed by atoms with Gasteiger partial charge in [-0.3, -0.25) is 0 Å². The molecule has 1 heterocycles. The van der Waals surface area contributed by atoms with E-state index in [1.165, 1.54) is 0 Å². The molecule has 6 nitrogen and oxygen atoms in total. The number of nitrogens with one attached hydrogen (secondary N) is 1. The van der Waals surface area contributed by atoms with Crippen LogP contribution in [-0.4, -0.2) is 22.1 Å². The van der Waals surface area contributed by atoms with Crippen molar-refractivity contribution < 1.29 is 14.3 Å². The first-order valence-corrected chi connectivity index (χ1v) is 6.30. The number of aromatic nitrogens is 1. The Kier molecular flexibility index (Phi) is 3.74. The molecule has 0 amide bonds. The molecule has 0 fully saturated rings. The van der Waals surface area contributed by atoms with E-state index in [1.807, 2.05) is 0 Å². The molecule has 0 spiro atoms. The van der Waals surface area contributed by atoms with Crippen molar-refractivity contribution in [3.63, 3.8) is 0 Å². The van der Waals surface area contributed by atoms with E-state index >= 15 is 0 Å². The van der Waals surface area contributed by atoms with Gasteiger partial charge in [-0.05, 0) is 24.5 Å². The summed E-state index contributed by atoms with van der Waals surface area (Å²) in [5.74, 6) is -1.19. The van der Waals surface area contributed by atoms with Gasteiger partial charge in [0.25, 0.3) is 6.01 Å². The molecule has 2 aromatic rings. The van der Waals surface area contributed by atoms with Gasteiger partial charge in [-0.1, -0.05) is 26.0 Å². The second-order valence-corrected chi connectivity index (χ2v) is 4.98. The molecule has 0 aliphatic heterocycles. The summed E-state index contributed by atoms with van der Waals surface area (Å²) in [5, 5.41) is 12.2. The Labute approximate surface area is 115 Å². The lowest BCUT2D eigenvalue weighted by atomic mass is 10.1. The smallest absolute Gasteiger partial charge is 0.348 e. The van der Waals surface area contributed by atoms with Crippen LogP contribution >= 0.6 is 0 Å². The monoisotopic (exact) mass is 276 g/mol. The van der Waals surface area contributed by atoms with E-state index in [-0.39, 0.29) is 11.9 Å². The number of rotatable bonds is 4. The normalized spacial score (nSPS) is 12.6. The summed E-state index contributed by atoms with van der Waals surface area (Å²) in [5.41, 5.74) is 0.731. The molecular formula is C14H16N2O4. The van der Waals surface area contributed by atoms with Gasteiger partial charge in [-0.2, -0.15) is 4.98 Å². The molecule has 0 aliphatic rings. The number of hydrogen-bond acceptors (Lipinski definition) is 5. The fraction of sp³-hybridized carbons (Fsp3) is 0.357. The number of carboxylic acids is 1. The molecule has 0 unspecified atom stereocenters. The summed E-state index contributed by atoms with van der Waals surface area (Å²) in [7, 11) is 0. The summed E-state index contributed by atoms with van der Waals surface area (Å²) in [6.07, 6.45) is 0. The van der Waals surface area contributed by atoms with Crippen molar-refractivity contribution in [3.8, 4) is 0 Å². The fourth-order valence-electron chi connectivity index (χ4n) is 1.99. The molecule has 0 saturated carbocycles. The standard InChI is InChI=1S/C14H16N2O4/c1-7(2)11(12(17)18)16-14-15-9-6-4-5-8(3)10(9)13(19)20-14/h4-7,11H,1-3H3,(H,15,16)(H,17,18)/t11-/m0/s1. The molecule has 106 valence electrons. The van der Waals surface area contributed by atoms with Crippen molar-refractivity contribution in [3.05, 3.63) is 34.2 Å². The van der Waals surface area contributed by atoms with Crippen LogP contribution < -0.4 is 10.9 Å². The first-order valence-electron chi connectivity index (χ1n) is 6.30. The average Bonchev–Trinajstić information content (AvgIpc) is 2.34. The highest BCUT2D eigenvalue weighted by molar-refractivity contribution is 5.82. The molecule has 20 heavy (non-hydrogen) atoms. The maximum atomic E-state index is 11.9. The van der Waals surface area contributed by atoms with Crippen molar-refractivity contribution in [2.45, 2.75) is 26.8 Å². The van der Waals surface area contributed by atoms with Crippen LogP contribution in [0.4, 0.5) is 6.01 Å². The second kappa shape index (κ2) is 5.32. The molecule has 0 radical (unpaired) electrons. The number of benzene rings is 1. The molecule has 0 bridgehead atoms. The zero-order chi connectivity index (χ0) is 14.9. The van der Waals surface area contributed by atoms with E-state index < -0.39 is 17.6 Å². The average molecular weight is 276 g/mol. The van der Waals surface area contributed by atoms with Crippen LogP contribution in [0.15, 0.2) is 27.4 Å². The summed E-state index contributed by atoms with van der Waals surface area (Å²) in [6.45, 7) is 5.31. The quantitative estimate of drug-likeness (QED) is 0.887. The first kappa shape index (κ1) is 14.0. The molecule has 6 heteroatoms. The van der Waals surface area contributed by atoms with Crippen LogP contribution in [0.2, 0.25) is 0 Å².